The average molecular weight is 369 g/mol. The Labute approximate surface area is 165 Å². The number of para-hydroxylation sites is 1. The van der Waals surface area contributed by atoms with Crippen LogP contribution in [0.25, 0.3) is 10.9 Å². The Hall–Kier alpha value is -3.17. The lowest BCUT2D eigenvalue weighted by Gasteiger charge is -2.17. The Bertz CT molecular complexity index is 1040. The van der Waals surface area contributed by atoms with Crippen molar-refractivity contribution in [3.63, 3.8) is 0 Å². The summed E-state index contributed by atoms with van der Waals surface area (Å²) >= 11 is 0. The van der Waals surface area contributed by atoms with Gasteiger partial charge in [-0.05, 0) is 17.2 Å². The zero-order valence-corrected chi connectivity index (χ0v) is 15.7. The van der Waals surface area contributed by atoms with Gasteiger partial charge in [-0.3, -0.25) is 4.79 Å². The van der Waals surface area contributed by atoms with Gasteiger partial charge in [0.15, 0.2) is 5.78 Å². The Morgan fingerprint density at radius 3 is 2.32 bits per heavy atom. The summed E-state index contributed by atoms with van der Waals surface area (Å²) in [6.07, 6.45) is 2.43. The summed E-state index contributed by atoms with van der Waals surface area (Å²) in [5.41, 5.74) is 4.09. The molecule has 140 valence electrons. The van der Waals surface area contributed by atoms with Gasteiger partial charge in [0.1, 0.15) is 0 Å². The average Bonchev–Trinajstić information content (AvgIpc) is 3.18. The number of carbonyl (C=O) groups excluding carboxylic acids is 1. The number of ketones is 1. The van der Waals surface area contributed by atoms with E-state index in [1.807, 2.05) is 66.9 Å². The molecule has 0 amide bonds. The van der Waals surface area contributed by atoms with Crippen LogP contribution < -0.4 is 0 Å². The third kappa shape index (κ3) is 4.21. The van der Waals surface area contributed by atoms with Crippen molar-refractivity contribution in [2.75, 3.05) is 6.61 Å². The monoisotopic (exact) mass is 369 g/mol. The number of fused-ring (bicyclic) bond motifs is 1. The molecule has 0 saturated heterocycles. The molecule has 1 N–H and O–H groups in total. The number of hydrogen-bond acceptors (Lipinski definition) is 2. The summed E-state index contributed by atoms with van der Waals surface area (Å²) in [6, 6.07) is 27.8. The molecule has 1 atom stereocenters. The van der Waals surface area contributed by atoms with E-state index < -0.39 is 0 Å². The largest absolute Gasteiger partial charge is 0.376 e. The highest BCUT2D eigenvalue weighted by molar-refractivity contribution is 5.97. The van der Waals surface area contributed by atoms with Crippen LogP contribution in [0.5, 0.6) is 0 Å². The normalized spacial score (nSPS) is 12.1. The van der Waals surface area contributed by atoms with Crippen molar-refractivity contribution in [1.82, 2.24) is 4.98 Å². The number of Topliss-reactive ketones (excluding diaryl/α,β-unsaturated/α-hetero) is 1. The second-order valence-electron chi connectivity index (χ2n) is 6.98. The first kappa shape index (κ1) is 18.2. The number of carbonyl (C=O) groups is 1. The summed E-state index contributed by atoms with van der Waals surface area (Å²) in [7, 11) is 0. The minimum absolute atomic E-state index is 0.00688. The number of H-pyrrole nitrogens is 1. The van der Waals surface area contributed by atoms with E-state index in [1.54, 1.807) is 0 Å². The van der Waals surface area contributed by atoms with Crippen LogP contribution >= 0.6 is 0 Å². The third-order valence-electron chi connectivity index (χ3n) is 5.02. The maximum absolute atomic E-state index is 12.9. The fraction of sp³-hybridized carbons (Fsp3) is 0.160. The fourth-order valence-electron chi connectivity index (χ4n) is 3.55. The van der Waals surface area contributed by atoms with E-state index in [1.165, 1.54) is 0 Å². The Morgan fingerprint density at radius 2 is 1.54 bits per heavy atom. The van der Waals surface area contributed by atoms with Crippen molar-refractivity contribution in [2.45, 2.75) is 18.9 Å². The van der Waals surface area contributed by atoms with Crippen LogP contribution in [-0.4, -0.2) is 17.4 Å². The molecule has 1 aromatic heterocycles. The molecule has 0 aliphatic heterocycles. The van der Waals surface area contributed by atoms with E-state index in [0.717, 1.165) is 27.6 Å². The smallest absolute Gasteiger partial charge is 0.163 e. The topological polar surface area (TPSA) is 42.1 Å². The zero-order chi connectivity index (χ0) is 19.2. The lowest BCUT2D eigenvalue weighted by atomic mass is 9.92. The summed E-state index contributed by atoms with van der Waals surface area (Å²) in [5.74, 6) is 0.131. The second-order valence-corrected chi connectivity index (χ2v) is 6.98. The molecule has 4 aromatic rings. The number of rotatable bonds is 8. The standard InChI is InChI=1S/C25H23NO2/c27-25(20-11-5-2-6-12-20)15-21(18-28-17-19-9-3-1-4-10-19)23-16-26-24-14-8-7-13-22(23)24/h1-14,16,21,26H,15,17-18H2/t21-/m0/s1. The summed E-state index contributed by atoms with van der Waals surface area (Å²) in [4.78, 5) is 16.2. The highest BCUT2D eigenvalue weighted by Crippen LogP contribution is 2.29. The summed E-state index contributed by atoms with van der Waals surface area (Å²) in [6.45, 7) is 1.04. The predicted molar refractivity (Wildman–Crippen MR) is 113 cm³/mol. The molecule has 0 unspecified atom stereocenters. The maximum atomic E-state index is 12.9. The molecule has 4 rings (SSSR count). The van der Waals surface area contributed by atoms with Crippen molar-refractivity contribution < 1.29 is 9.53 Å². The molecule has 0 aliphatic rings. The van der Waals surface area contributed by atoms with Gasteiger partial charge in [0.25, 0.3) is 0 Å². The van der Waals surface area contributed by atoms with Crippen molar-refractivity contribution >= 4 is 16.7 Å². The highest BCUT2D eigenvalue weighted by Gasteiger charge is 2.20. The summed E-state index contributed by atoms with van der Waals surface area (Å²) < 4.78 is 6.03. The molecule has 0 radical (unpaired) electrons. The van der Waals surface area contributed by atoms with Gasteiger partial charge in [-0.1, -0.05) is 78.9 Å². The summed E-state index contributed by atoms with van der Waals surface area (Å²) in [5, 5.41) is 1.15. The van der Waals surface area contributed by atoms with Gasteiger partial charge in [0.2, 0.25) is 0 Å². The van der Waals surface area contributed by atoms with E-state index >= 15 is 0 Å². The highest BCUT2D eigenvalue weighted by atomic mass is 16.5. The van der Waals surface area contributed by atoms with Crippen LogP contribution in [-0.2, 0) is 11.3 Å². The van der Waals surface area contributed by atoms with Gasteiger partial charge in [0.05, 0.1) is 13.2 Å². The van der Waals surface area contributed by atoms with Crippen LogP contribution in [0.4, 0.5) is 0 Å². The molecule has 0 saturated carbocycles. The van der Waals surface area contributed by atoms with Crippen LogP contribution in [0.3, 0.4) is 0 Å². The zero-order valence-electron chi connectivity index (χ0n) is 15.7. The maximum Gasteiger partial charge on any atom is 0.163 e. The SMILES string of the molecule is O=C(C[C@@H](COCc1ccccc1)c1c[nH]c2ccccc12)c1ccccc1. The van der Waals surface area contributed by atoms with Gasteiger partial charge in [-0.15, -0.1) is 0 Å². The van der Waals surface area contributed by atoms with E-state index in [0.29, 0.717) is 19.6 Å². The predicted octanol–water partition coefficient (Wildman–Crippen LogP) is 5.74. The fourth-order valence-corrected chi connectivity index (χ4v) is 3.55. The lowest BCUT2D eigenvalue weighted by Crippen LogP contribution is -2.13. The van der Waals surface area contributed by atoms with E-state index in [9.17, 15) is 4.79 Å². The first-order chi connectivity index (χ1) is 13.8. The second kappa shape index (κ2) is 8.68. The molecule has 0 spiro atoms. The van der Waals surface area contributed by atoms with Gasteiger partial charge in [-0.2, -0.15) is 0 Å². The lowest BCUT2D eigenvalue weighted by molar-refractivity contribution is 0.0868. The Balaban J connectivity index is 1.54. The molecule has 0 aliphatic carbocycles. The quantitative estimate of drug-likeness (QED) is 0.402. The Morgan fingerprint density at radius 1 is 0.857 bits per heavy atom. The van der Waals surface area contributed by atoms with Crippen molar-refractivity contribution in [2.24, 2.45) is 0 Å². The molecule has 3 nitrogen and oxygen atoms in total. The number of aromatic nitrogens is 1. The molecular formula is C25H23NO2. The number of benzene rings is 3. The molecule has 0 fully saturated rings. The van der Waals surface area contributed by atoms with Crippen molar-refractivity contribution in [3.05, 3.63) is 108 Å². The van der Waals surface area contributed by atoms with Crippen molar-refractivity contribution in [3.8, 4) is 0 Å². The minimum Gasteiger partial charge on any atom is -0.376 e. The molecular weight excluding hydrogens is 346 g/mol. The molecule has 3 aromatic carbocycles. The van der Waals surface area contributed by atoms with Crippen molar-refractivity contribution in [1.29, 1.82) is 0 Å². The number of hydrogen-bond donors (Lipinski definition) is 1. The van der Waals surface area contributed by atoms with Gasteiger partial charge in [0, 0.05) is 35.0 Å². The number of aromatic amines is 1. The van der Waals surface area contributed by atoms with Crippen LogP contribution in [0, 0.1) is 0 Å². The van der Waals surface area contributed by atoms with E-state index in [4.69, 9.17) is 4.74 Å². The van der Waals surface area contributed by atoms with Crippen LogP contribution in [0.1, 0.15) is 33.8 Å². The molecule has 1 heterocycles. The molecule has 0 bridgehead atoms. The number of nitrogens with one attached hydrogen (secondary N) is 1. The van der Waals surface area contributed by atoms with Crippen LogP contribution in [0.2, 0.25) is 0 Å². The molecule has 28 heavy (non-hydrogen) atoms. The van der Waals surface area contributed by atoms with Gasteiger partial charge in [-0.25, -0.2) is 0 Å². The van der Waals surface area contributed by atoms with E-state index in [2.05, 4.69) is 29.2 Å². The molecule has 3 heteroatoms. The Kier molecular flexibility index (Phi) is 5.64. The first-order valence-corrected chi connectivity index (χ1v) is 9.57. The first-order valence-electron chi connectivity index (χ1n) is 9.57. The minimum atomic E-state index is -0.00688. The van der Waals surface area contributed by atoms with Gasteiger partial charge >= 0.3 is 0 Å². The van der Waals surface area contributed by atoms with Crippen LogP contribution in [0.15, 0.2) is 91.1 Å². The van der Waals surface area contributed by atoms with E-state index in [-0.39, 0.29) is 11.7 Å². The third-order valence-corrected chi connectivity index (χ3v) is 5.02. The number of ether oxygens (including phenoxy) is 1. The van der Waals surface area contributed by atoms with Gasteiger partial charge < -0.3 is 9.72 Å².